The highest BCUT2D eigenvalue weighted by Crippen LogP contribution is 2.37. The van der Waals surface area contributed by atoms with Crippen LogP contribution < -0.4 is 0 Å². The summed E-state index contributed by atoms with van der Waals surface area (Å²) < 4.78 is 0. The molecule has 0 heterocycles. The second kappa shape index (κ2) is 7.67. The number of aliphatic imine (C=N–C) groups is 1. The topological polar surface area (TPSA) is 49.7 Å². The van der Waals surface area contributed by atoms with Crippen LogP contribution in [0.2, 0.25) is 0 Å². The van der Waals surface area contributed by atoms with E-state index in [0.29, 0.717) is 30.5 Å². The fourth-order valence-electron chi connectivity index (χ4n) is 4.08. The van der Waals surface area contributed by atoms with Gasteiger partial charge in [0.25, 0.3) is 0 Å². The van der Waals surface area contributed by atoms with E-state index < -0.39 is 0 Å². The lowest BCUT2D eigenvalue weighted by Crippen LogP contribution is -2.30. The number of benzene rings is 3. The molecule has 3 nitrogen and oxygen atoms in total. The van der Waals surface area contributed by atoms with Crippen molar-refractivity contribution in [3.05, 3.63) is 89.7 Å². The number of fused-ring (bicyclic) bond motifs is 1. The van der Waals surface area contributed by atoms with E-state index in [9.17, 15) is 9.90 Å². The summed E-state index contributed by atoms with van der Waals surface area (Å²) in [5.74, 6) is 0.120. The van der Waals surface area contributed by atoms with Crippen molar-refractivity contribution >= 4 is 28.0 Å². The largest absolute Gasteiger partial charge is 0.511 e. The average molecular weight is 383 g/mol. The van der Waals surface area contributed by atoms with Gasteiger partial charge in [-0.2, -0.15) is 0 Å². The van der Waals surface area contributed by atoms with Gasteiger partial charge in [0.1, 0.15) is 5.76 Å². The predicted molar refractivity (Wildman–Crippen MR) is 119 cm³/mol. The molecule has 0 radical (unpaired) electrons. The highest BCUT2D eigenvalue weighted by atomic mass is 16.3. The molecule has 0 fully saturated rings. The monoisotopic (exact) mass is 383 g/mol. The first kappa shape index (κ1) is 19.1. The number of ketones is 1. The fraction of sp³-hybridized carbons (Fsp3) is 0.231. The fourth-order valence-corrected chi connectivity index (χ4v) is 4.08. The van der Waals surface area contributed by atoms with Crippen LogP contribution in [-0.4, -0.2) is 16.6 Å². The quantitative estimate of drug-likeness (QED) is 0.533. The number of carbonyl (C=O) groups is 1. The van der Waals surface area contributed by atoms with Crippen molar-refractivity contribution in [3.63, 3.8) is 0 Å². The van der Waals surface area contributed by atoms with Crippen LogP contribution in [0.5, 0.6) is 0 Å². The Morgan fingerprint density at radius 2 is 1.62 bits per heavy atom. The summed E-state index contributed by atoms with van der Waals surface area (Å²) in [5, 5.41) is 13.1. The third kappa shape index (κ3) is 4.14. The van der Waals surface area contributed by atoms with E-state index in [1.807, 2.05) is 62.4 Å². The first-order chi connectivity index (χ1) is 13.9. The van der Waals surface area contributed by atoms with E-state index in [2.05, 4.69) is 24.3 Å². The maximum atomic E-state index is 13.0. The molecule has 0 amide bonds. The standard InChI is InChI=1S/C26H25NO2/c1-26(2)16-23(28)25(24(29)17-26)22(27-20-12-4-3-5-13-20)15-19-11-8-10-18-9-6-7-14-21(18)19/h3-14,28H,15-17H2,1-2H3. The highest BCUT2D eigenvalue weighted by molar-refractivity contribution is 6.24. The Balaban J connectivity index is 1.84. The molecule has 1 N–H and O–H groups in total. The van der Waals surface area contributed by atoms with Crippen LogP contribution in [-0.2, 0) is 11.2 Å². The molecule has 0 saturated carbocycles. The third-order valence-corrected chi connectivity index (χ3v) is 5.40. The van der Waals surface area contributed by atoms with Crippen LogP contribution in [0, 0.1) is 5.41 Å². The Morgan fingerprint density at radius 3 is 2.38 bits per heavy atom. The molecule has 3 aromatic carbocycles. The molecule has 1 aliphatic carbocycles. The summed E-state index contributed by atoms with van der Waals surface area (Å²) in [5.41, 5.74) is 2.66. The molecule has 0 atom stereocenters. The van der Waals surface area contributed by atoms with E-state index >= 15 is 0 Å². The number of aliphatic hydroxyl groups excluding tert-OH is 1. The molecule has 0 unspecified atom stereocenters. The van der Waals surface area contributed by atoms with E-state index in [0.717, 1.165) is 22.0 Å². The van der Waals surface area contributed by atoms with E-state index in [1.54, 1.807) is 0 Å². The third-order valence-electron chi connectivity index (χ3n) is 5.40. The summed E-state index contributed by atoms with van der Waals surface area (Å²) in [6.07, 6.45) is 1.38. The molecule has 29 heavy (non-hydrogen) atoms. The van der Waals surface area contributed by atoms with E-state index in [4.69, 9.17) is 4.99 Å². The van der Waals surface area contributed by atoms with Gasteiger partial charge in [0.15, 0.2) is 5.78 Å². The number of hydrogen-bond acceptors (Lipinski definition) is 3. The molecule has 0 bridgehead atoms. The molecule has 3 heteroatoms. The summed E-state index contributed by atoms with van der Waals surface area (Å²) in [7, 11) is 0. The van der Waals surface area contributed by atoms with Gasteiger partial charge in [-0.15, -0.1) is 0 Å². The first-order valence-electron chi connectivity index (χ1n) is 9.98. The minimum atomic E-state index is -0.234. The van der Waals surface area contributed by atoms with Crippen molar-refractivity contribution in [1.29, 1.82) is 0 Å². The van der Waals surface area contributed by atoms with Crippen LogP contribution in [0.4, 0.5) is 5.69 Å². The number of allylic oxidation sites excluding steroid dienone is 2. The maximum absolute atomic E-state index is 13.0. The normalized spacial score (nSPS) is 17.0. The number of aliphatic hydroxyl groups is 1. The van der Waals surface area contributed by atoms with Crippen molar-refractivity contribution in [2.24, 2.45) is 10.4 Å². The second-order valence-corrected chi connectivity index (χ2v) is 8.47. The van der Waals surface area contributed by atoms with Gasteiger partial charge in [-0.3, -0.25) is 9.79 Å². The van der Waals surface area contributed by atoms with Crippen molar-refractivity contribution in [2.75, 3.05) is 0 Å². The number of para-hydroxylation sites is 1. The van der Waals surface area contributed by atoms with Crippen molar-refractivity contribution in [1.82, 2.24) is 0 Å². The number of carbonyl (C=O) groups excluding carboxylic acids is 1. The van der Waals surface area contributed by atoms with E-state index in [-0.39, 0.29) is 17.0 Å². The SMILES string of the molecule is CC1(C)CC(=O)C(C(Cc2cccc3ccccc23)=Nc2ccccc2)=C(O)C1. The van der Waals surface area contributed by atoms with Crippen molar-refractivity contribution < 1.29 is 9.90 Å². The Bertz CT molecular complexity index is 1120. The number of rotatable bonds is 4. The zero-order valence-corrected chi connectivity index (χ0v) is 16.9. The Kier molecular flexibility index (Phi) is 5.06. The number of hydrogen-bond donors (Lipinski definition) is 1. The summed E-state index contributed by atoms with van der Waals surface area (Å²) in [4.78, 5) is 17.8. The molecular formula is C26H25NO2. The molecule has 0 aromatic heterocycles. The molecule has 1 aliphatic rings. The van der Waals surface area contributed by atoms with Crippen molar-refractivity contribution in [3.8, 4) is 0 Å². The lowest BCUT2D eigenvalue weighted by molar-refractivity contribution is -0.117. The minimum Gasteiger partial charge on any atom is -0.511 e. The van der Waals surface area contributed by atoms with Gasteiger partial charge in [-0.1, -0.05) is 74.5 Å². The summed E-state index contributed by atoms with van der Waals surface area (Å²) in [6, 6.07) is 24.0. The van der Waals surface area contributed by atoms with Gasteiger partial charge in [0.2, 0.25) is 0 Å². The van der Waals surface area contributed by atoms with Crippen molar-refractivity contribution in [2.45, 2.75) is 33.1 Å². The molecule has 0 aliphatic heterocycles. The van der Waals surface area contributed by atoms with Gasteiger partial charge in [0, 0.05) is 19.3 Å². The van der Waals surface area contributed by atoms with Gasteiger partial charge < -0.3 is 5.11 Å². The van der Waals surface area contributed by atoms with Gasteiger partial charge in [-0.05, 0) is 33.9 Å². The van der Waals surface area contributed by atoms with Gasteiger partial charge in [0.05, 0.1) is 17.0 Å². The summed E-state index contributed by atoms with van der Waals surface area (Å²) >= 11 is 0. The molecule has 3 aromatic rings. The Morgan fingerprint density at radius 1 is 0.931 bits per heavy atom. The van der Waals surface area contributed by atoms with Crippen LogP contribution in [0.25, 0.3) is 10.8 Å². The molecule has 0 spiro atoms. The van der Waals surface area contributed by atoms with Crippen LogP contribution >= 0.6 is 0 Å². The zero-order chi connectivity index (χ0) is 20.4. The summed E-state index contributed by atoms with van der Waals surface area (Å²) in [6.45, 7) is 4.02. The van der Waals surface area contributed by atoms with Crippen LogP contribution in [0.3, 0.4) is 0 Å². The minimum absolute atomic E-state index is 0.0336. The zero-order valence-electron chi connectivity index (χ0n) is 16.9. The van der Waals surface area contributed by atoms with Crippen LogP contribution in [0.1, 0.15) is 32.3 Å². The Hall–Kier alpha value is -3.20. The maximum Gasteiger partial charge on any atom is 0.168 e. The first-order valence-corrected chi connectivity index (χ1v) is 9.98. The lowest BCUT2D eigenvalue weighted by Gasteiger charge is -2.30. The van der Waals surface area contributed by atoms with E-state index in [1.165, 1.54) is 0 Å². The predicted octanol–water partition coefficient (Wildman–Crippen LogP) is 6.36. The van der Waals surface area contributed by atoms with Gasteiger partial charge in [-0.25, -0.2) is 0 Å². The van der Waals surface area contributed by atoms with Crippen LogP contribution in [0.15, 0.2) is 89.1 Å². The smallest absolute Gasteiger partial charge is 0.168 e. The second-order valence-electron chi connectivity index (χ2n) is 8.47. The average Bonchev–Trinajstić information content (AvgIpc) is 2.67. The highest BCUT2D eigenvalue weighted by Gasteiger charge is 2.35. The molecule has 4 rings (SSSR count). The molecular weight excluding hydrogens is 358 g/mol. The lowest BCUT2D eigenvalue weighted by atomic mass is 9.75. The number of nitrogens with zero attached hydrogens (tertiary/aromatic N) is 1. The molecule has 146 valence electrons. The molecule has 0 saturated heterocycles. The Labute approximate surface area is 171 Å². The van der Waals surface area contributed by atoms with Gasteiger partial charge >= 0.3 is 0 Å². The number of Topliss-reactive ketones (excluding diaryl/α,β-unsaturated/α-hetero) is 1.